The molecule has 5 heteroatoms. The molecule has 1 N–H and O–H groups in total. The molecule has 1 saturated heterocycles. The summed E-state index contributed by atoms with van der Waals surface area (Å²) >= 11 is 5.93. The highest BCUT2D eigenvalue weighted by Crippen LogP contribution is 2.44. The Kier molecular flexibility index (Phi) is 5.91. The molecule has 2 aromatic rings. The minimum Gasteiger partial charge on any atom is -0.382 e. The summed E-state index contributed by atoms with van der Waals surface area (Å²) in [6.45, 7) is 0.704. The summed E-state index contributed by atoms with van der Waals surface area (Å²) in [6.07, 6.45) is 2.04. The van der Waals surface area contributed by atoms with E-state index in [0.29, 0.717) is 29.6 Å². The lowest BCUT2D eigenvalue weighted by molar-refractivity contribution is -0.0818. The first-order chi connectivity index (χ1) is 12.2. The van der Waals surface area contributed by atoms with Crippen LogP contribution >= 0.6 is 11.6 Å². The molecular formula is C20H20ClFN2O. The van der Waals surface area contributed by atoms with Crippen LogP contribution in [0.1, 0.15) is 30.9 Å². The van der Waals surface area contributed by atoms with Gasteiger partial charge in [-0.2, -0.15) is 5.26 Å². The lowest BCUT2D eigenvalue weighted by atomic mass is 9.83. The van der Waals surface area contributed by atoms with Gasteiger partial charge in [-0.1, -0.05) is 48.0 Å². The van der Waals surface area contributed by atoms with Crippen molar-refractivity contribution in [3.63, 3.8) is 0 Å². The average Bonchev–Trinajstić information content (AvgIpc) is 2.64. The van der Waals surface area contributed by atoms with Gasteiger partial charge < -0.3 is 10.1 Å². The highest BCUT2D eigenvalue weighted by atomic mass is 35.5. The Balaban J connectivity index is 0.000000258. The minimum absolute atomic E-state index is 0.0563. The standard InChI is InChI=1S/C14H14ClFN2O.C6H6/c15-9-5-11-13(12(16)6-9)18-7-8-1-2-10(3-4-17)19-14(8)11;1-2-4-6-5-3-1/h5-6,8,10,14,18H,1-3,7H2;1-6H. The van der Waals surface area contributed by atoms with Crippen LogP contribution in [0.25, 0.3) is 0 Å². The number of benzene rings is 2. The summed E-state index contributed by atoms with van der Waals surface area (Å²) < 4.78 is 19.9. The molecule has 2 aromatic carbocycles. The molecule has 0 spiro atoms. The second kappa shape index (κ2) is 8.33. The molecule has 25 heavy (non-hydrogen) atoms. The van der Waals surface area contributed by atoms with Gasteiger partial charge in [0.25, 0.3) is 0 Å². The van der Waals surface area contributed by atoms with Crippen molar-refractivity contribution in [3.8, 4) is 6.07 Å². The smallest absolute Gasteiger partial charge is 0.148 e. The third-order valence-corrected chi connectivity index (χ3v) is 4.76. The van der Waals surface area contributed by atoms with Crippen LogP contribution in [0.5, 0.6) is 0 Å². The van der Waals surface area contributed by atoms with Crippen molar-refractivity contribution in [3.05, 3.63) is 64.9 Å². The number of hydrogen-bond donors (Lipinski definition) is 1. The third-order valence-electron chi connectivity index (χ3n) is 4.55. The number of ether oxygens (including phenoxy) is 1. The van der Waals surface area contributed by atoms with Gasteiger partial charge in [0.2, 0.25) is 0 Å². The van der Waals surface area contributed by atoms with Crippen LogP contribution in [0.4, 0.5) is 10.1 Å². The second-order valence-electron chi connectivity index (χ2n) is 6.27. The van der Waals surface area contributed by atoms with Gasteiger partial charge in [-0.15, -0.1) is 0 Å². The second-order valence-corrected chi connectivity index (χ2v) is 6.70. The van der Waals surface area contributed by atoms with Crippen LogP contribution < -0.4 is 5.32 Å². The van der Waals surface area contributed by atoms with E-state index in [0.717, 1.165) is 18.4 Å². The molecule has 2 aliphatic heterocycles. The number of hydrogen-bond acceptors (Lipinski definition) is 3. The molecule has 3 atom stereocenters. The summed E-state index contributed by atoms with van der Waals surface area (Å²) in [4.78, 5) is 0. The van der Waals surface area contributed by atoms with Crippen molar-refractivity contribution in [1.29, 1.82) is 5.26 Å². The van der Waals surface area contributed by atoms with Gasteiger partial charge in [0.15, 0.2) is 0 Å². The molecule has 0 bridgehead atoms. The Morgan fingerprint density at radius 1 is 1.16 bits per heavy atom. The molecule has 0 saturated carbocycles. The quantitative estimate of drug-likeness (QED) is 0.748. The Bertz CT molecular complexity index is 721. The third kappa shape index (κ3) is 4.31. The molecule has 3 nitrogen and oxygen atoms in total. The van der Waals surface area contributed by atoms with E-state index in [1.807, 2.05) is 36.4 Å². The lowest BCUT2D eigenvalue weighted by Crippen LogP contribution is -2.37. The first-order valence-electron chi connectivity index (χ1n) is 8.44. The SMILES string of the molecule is N#CCC1CCC2CNc3c(F)cc(Cl)cc3C2O1.c1ccccc1. The zero-order valence-corrected chi connectivity index (χ0v) is 14.5. The summed E-state index contributed by atoms with van der Waals surface area (Å²) in [5.74, 6) is -0.0210. The Hall–Kier alpha value is -2.09. The average molecular weight is 359 g/mol. The topological polar surface area (TPSA) is 45.0 Å². The van der Waals surface area contributed by atoms with Crippen LogP contribution in [0.2, 0.25) is 5.02 Å². The van der Waals surface area contributed by atoms with Gasteiger partial charge in [-0.25, -0.2) is 4.39 Å². The van der Waals surface area contributed by atoms with E-state index >= 15 is 0 Å². The van der Waals surface area contributed by atoms with Crippen LogP contribution in [0.15, 0.2) is 48.5 Å². The van der Waals surface area contributed by atoms with E-state index in [4.69, 9.17) is 21.6 Å². The Morgan fingerprint density at radius 2 is 1.84 bits per heavy atom. The first kappa shape index (κ1) is 17.7. The fourth-order valence-corrected chi connectivity index (χ4v) is 3.56. The van der Waals surface area contributed by atoms with Crippen molar-refractivity contribution in [1.82, 2.24) is 0 Å². The summed E-state index contributed by atoms with van der Waals surface area (Å²) in [5.41, 5.74) is 1.27. The van der Waals surface area contributed by atoms with Gasteiger partial charge in [0, 0.05) is 23.0 Å². The normalized spacial score (nSPS) is 23.8. The number of halogens is 2. The van der Waals surface area contributed by atoms with Crippen molar-refractivity contribution in [2.24, 2.45) is 5.92 Å². The largest absolute Gasteiger partial charge is 0.382 e. The lowest BCUT2D eigenvalue weighted by Gasteiger charge is -2.40. The van der Waals surface area contributed by atoms with Gasteiger partial charge in [0.1, 0.15) is 5.82 Å². The zero-order chi connectivity index (χ0) is 17.6. The summed E-state index contributed by atoms with van der Waals surface area (Å²) in [5, 5.41) is 12.3. The molecule has 0 aliphatic carbocycles. The monoisotopic (exact) mass is 358 g/mol. The van der Waals surface area contributed by atoms with Crippen molar-refractivity contribution >= 4 is 17.3 Å². The van der Waals surface area contributed by atoms with Crippen molar-refractivity contribution in [2.75, 3.05) is 11.9 Å². The Morgan fingerprint density at radius 3 is 2.48 bits per heavy atom. The molecular weight excluding hydrogens is 339 g/mol. The molecule has 0 aromatic heterocycles. The molecule has 4 rings (SSSR count). The predicted molar refractivity (Wildman–Crippen MR) is 96.9 cm³/mol. The first-order valence-corrected chi connectivity index (χ1v) is 8.82. The molecule has 0 amide bonds. The molecule has 0 radical (unpaired) electrons. The highest BCUT2D eigenvalue weighted by molar-refractivity contribution is 6.30. The van der Waals surface area contributed by atoms with E-state index in [1.54, 1.807) is 6.07 Å². The van der Waals surface area contributed by atoms with E-state index in [1.165, 1.54) is 6.07 Å². The number of nitrogens with zero attached hydrogens (tertiary/aromatic N) is 1. The summed E-state index contributed by atoms with van der Waals surface area (Å²) in [6, 6.07) is 17.2. The maximum atomic E-state index is 13.9. The minimum atomic E-state index is -0.341. The van der Waals surface area contributed by atoms with Crippen LogP contribution in [0, 0.1) is 23.1 Å². The van der Waals surface area contributed by atoms with Crippen LogP contribution in [0.3, 0.4) is 0 Å². The Labute approximate surface area is 152 Å². The van der Waals surface area contributed by atoms with Crippen LogP contribution in [-0.2, 0) is 4.74 Å². The van der Waals surface area contributed by atoms with Crippen molar-refractivity contribution in [2.45, 2.75) is 31.5 Å². The molecule has 2 heterocycles. The van der Waals surface area contributed by atoms with Gasteiger partial charge in [-0.05, 0) is 25.0 Å². The van der Waals surface area contributed by atoms with Crippen LogP contribution in [-0.4, -0.2) is 12.6 Å². The fourth-order valence-electron chi connectivity index (χ4n) is 3.35. The maximum Gasteiger partial charge on any atom is 0.148 e. The van der Waals surface area contributed by atoms with Gasteiger partial charge in [0.05, 0.1) is 30.4 Å². The number of anilines is 1. The summed E-state index contributed by atoms with van der Waals surface area (Å²) in [7, 11) is 0. The predicted octanol–water partition coefficient (Wildman–Crippen LogP) is 5.34. The van der Waals surface area contributed by atoms with Gasteiger partial charge >= 0.3 is 0 Å². The molecule has 3 unspecified atom stereocenters. The molecule has 2 aliphatic rings. The van der Waals surface area contributed by atoms with E-state index in [-0.39, 0.29) is 18.0 Å². The van der Waals surface area contributed by atoms with E-state index in [9.17, 15) is 4.39 Å². The molecule has 1 fully saturated rings. The fraction of sp³-hybridized carbons (Fsp3) is 0.350. The zero-order valence-electron chi connectivity index (χ0n) is 13.8. The maximum absolute atomic E-state index is 13.9. The molecule has 130 valence electrons. The number of nitrogens with one attached hydrogen (secondary N) is 1. The van der Waals surface area contributed by atoms with E-state index < -0.39 is 0 Å². The number of rotatable bonds is 1. The number of nitriles is 1. The van der Waals surface area contributed by atoms with Crippen molar-refractivity contribution < 1.29 is 9.13 Å². The highest BCUT2D eigenvalue weighted by Gasteiger charge is 2.37. The number of fused-ring (bicyclic) bond motifs is 3. The van der Waals surface area contributed by atoms with Gasteiger partial charge in [-0.3, -0.25) is 0 Å². The van der Waals surface area contributed by atoms with E-state index in [2.05, 4.69) is 11.4 Å².